The Kier molecular flexibility index (Phi) is 4.65. The Morgan fingerprint density at radius 3 is 2.44 bits per heavy atom. The normalized spacial score (nSPS) is 11.1. The Morgan fingerprint density at radius 2 is 1.78 bits per heavy atom. The van der Waals surface area contributed by atoms with Gasteiger partial charge in [0.15, 0.2) is 0 Å². The van der Waals surface area contributed by atoms with Crippen molar-refractivity contribution < 1.29 is 0 Å². The molecule has 1 aromatic heterocycles. The lowest BCUT2D eigenvalue weighted by Gasteiger charge is -1.99. The van der Waals surface area contributed by atoms with Crippen molar-refractivity contribution in [2.24, 2.45) is 0 Å². The molecule has 0 aliphatic heterocycles. The van der Waals surface area contributed by atoms with E-state index in [2.05, 4.69) is 4.98 Å². The summed E-state index contributed by atoms with van der Waals surface area (Å²) < 4.78 is 0. The van der Waals surface area contributed by atoms with Crippen LogP contribution >= 0.6 is 34.8 Å². The standard InChI is InChI=1S/C14H10Cl3N/c15-12-7-10(8-13(16)9-12)3-1-4-11-5-2-6-18-14(11)17/h1-3,5-9H,4H2. The first kappa shape index (κ1) is 13.4. The molecule has 1 aromatic carbocycles. The van der Waals surface area contributed by atoms with E-state index in [0.717, 1.165) is 17.5 Å². The van der Waals surface area contributed by atoms with E-state index >= 15 is 0 Å². The van der Waals surface area contributed by atoms with E-state index in [9.17, 15) is 0 Å². The van der Waals surface area contributed by atoms with Crippen LogP contribution in [0.4, 0.5) is 0 Å². The molecule has 1 nitrogen and oxygen atoms in total. The molecule has 92 valence electrons. The molecule has 0 N–H and O–H groups in total. The van der Waals surface area contributed by atoms with Crippen LogP contribution in [0, 0.1) is 0 Å². The molecule has 0 radical (unpaired) electrons. The van der Waals surface area contributed by atoms with Crippen LogP contribution in [0.5, 0.6) is 0 Å². The molecule has 0 aliphatic carbocycles. The van der Waals surface area contributed by atoms with Gasteiger partial charge in [-0.25, -0.2) is 4.98 Å². The zero-order valence-electron chi connectivity index (χ0n) is 9.41. The Morgan fingerprint density at radius 1 is 1.06 bits per heavy atom. The van der Waals surface area contributed by atoms with E-state index in [1.807, 2.05) is 36.4 Å². The molecule has 0 bridgehead atoms. The largest absolute Gasteiger partial charge is 0.244 e. The molecule has 2 aromatic rings. The van der Waals surface area contributed by atoms with Crippen molar-refractivity contribution in [1.29, 1.82) is 0 Å². The molecule has 1 heterocycles. The monoisotopic (exact) mass is 297 g/mol. The van der Waals surface area contributed by atoms with E-state index in [4.69, 9.17) is 34.8 Å². The summed E-state index contributed by atoms with van der Waals surface area (Å²) in [6.45, 7) is 0. The van der Waals surface area contributed by atoms with Crippen LogP contribution in [-0.4, -0.2) is 4.98 Å². The lowest BCUT2D eigenvalue weighted by molar-refractivity contribution is 1.19. The minimum absolute atomic E-state index is 0.534. The first-order chi connectivity index (χ1) is 8.65. The highest BCUT2D eigenvalue weighted by atomic mass is 35.5. The van der Waals surface area contributed by atoms with Crippen molar-refractivity contribution in [3.05, 3.63) is 68.9 Å². The van der Waals surface area contributed by atoms with Crippen LogP contribution in [0.25, 0.3) is 6.08 Å². The quantitative estimate of drug-likeness (QED) is 0.701. The van der Waals surface area contributed by atoms with Gasteiger partial charge in [-0.1, -0.05) is 53.0 Å². The molecular formula is C14H10Cl3N. The average molecular weight is 299 g/mol. The van der Waals surface area contributed by atoms with Crippen LogP contribution < -0.4 is 0 Å². The van der Waals surface area contributed by atoms with Crippen LogP contribution in [0.3, 0.4) is 0 Å². The van der Waals surface area contributed by atoms with Crippen LogP contribution in [-0.2, 0) is 6.42 Å². The predicted octanol–water partition coefficient (Wildman–Crippen LogP) is 5.30. The molecule has 0 fully saturated rings. The summed E-state index contributed by atoms with van der Waals surface area (Å²) in [5.74, 6) is 0. The zero-order chi connectivity index (χ0) is 13.0. The second kappa shape index (κ2) is 6.24. The van der Waals surface area contributed by atoms with Gasteiger partial charge in [-0.05, 0) is 41.8 Å². The third-order valence-corrected chi connectivity index (χ3v) is 3.15. The lowest BCUT2D eigenvalue weighted by Crippen LogP contribution is -1.85. The predicted molar refractivity (Wildman–Crippen MR) is 78.4 cm³/mol. The van der Waals surface area contributed by atoms with Crippen LogP contribution in [0.2, 0.25) is 15.2 Å². The van der Waals surface area contributed by atoms with E-state index < -0.39 is 0 Å². The number of aromatic nitrogens is 1. The first-order valence-corrected chi connectivity index (χ1v) is 6.50. The van der Waals surface area contributed by atoms with E-state index in [0.29, 0.717) is 15.2 Å². The summed E-state index contributed by atoms with van der Waals surface area (Å²) in [6.07, 6.45) is 6.36. The zero-order valence-corrected chi connectivity index (χ0v) is 11.7. The third kappa shape index (κ3) is 3.74. The Hall–Kier alpha value is -1.02. The number of benzene rings is 1. The number of nitrogens with zero attached hydrogens (tertiary/aromatic N) is 1. The van der Waals surface area contributed by atoms with Crippen molar-refractivity contribution in [3.63, 3.8) is 0 Å². The van der Waals surface area contributed by atoms with Gasteiger partial charge in [-0.15, -0.1) is 0 Å². The summed E-state index contributed by atoms with van der Waals surface area (Å²) in [6, 6.07) is 9.23. The fourth-order valence-electron chi connectivity index (χ4n) is 1.56. The second-order valence-electron chi connectivity index (χ2n) is 3.76. The lowest BCUT2D eigenvalue weighted by atomic mass is 10.1. The Labute approximate surface area is 121 Å². The van der Waals surface area contributed by atoms with Gasteiger partial charge in [0, 0.05) is 16.2 Å². The molecule has 4 heteroatoms. The van der Waals surface area contributed by atoms with Gasteiger partial charge in [0.1, 0.15) is 5.15 Å². The van der Waals surface area contributed by atoms with Crippen molar-refractivity contribution in [3.8, 4) is 0 Å². The van der Waals surface area contributed by atoms with Gasteiger partial charge >= 0.3 is 0 Å². The fraction of sp³-hybridized carbons (Fsp3) is 0.0714. The van der Waals surface area contributed by atoms with Gasteiger partial charge < -0.3 is 0 Å². The minimum atomic E-state index is 0.534. The van der Waals surface area contributed by atoms with Gasteiger partial charge in [0.25, 0.3) is 0 Å². The maximum absolute atomic E-state index is 5.97. The topological polar surface area (TPSA) is 12.9 Å². The molecular weight excluding hydrogens is 289 g/mol. The summed E-state index contributed by atoms with van der Waals surface area (Å²) in [5.41, 5.74) is 1.95. The van der Waals surface area contributed by atoms with Crippen molar-refractivity contribution in [2.45, 2.75) is 6.42 Å². The van der Waals surface area contributed by atoms with Crippen molar-refractivity contribution >= 4 is 40.9 Å². The number of halogens is 3. The highest BCUT2D eigenvalue weighted by Gasteiger charge is 1.98. The molecule has 0 saturated carbocycles. The number of hydrogen-bond acceptors (Lipinski definition) is 1. The van der Waals surface area contributed by atoms with E-state index in [-0.39, 0.29) is 0 Å². The van der Waals surface area contributed by atoms with Crippen molar-refractivity contribution in [2.75, 3.05) is 0 Å². The fourth-order valence-corrected chi connectivity index (χ4v) is 2.30. The molecule has 0 aliphatic rings. The summed E-state index contributed by atoms with van der Waals surface area (Å²) in [7, 11) is 0. The Balaban J connectivity index is 2.10. The maximum atomic E-state index is 5.97. The molecule has 0 atom stereocenters. The first-order valence-electron chi connectivity index (χ1n) is 5.37. The molecule has 0 saturated heterocycles. The highest BCUT2D eigenvalue weighted by Crippen LogP contribution is 2.20. The number of rotatable bonds is 3. The third-order valence-electron chi connectivity index (χ3n) is 2.37. The van der Waals surface area contributed by atoms with E-state index in [1.165, 1.54) is 0 Å². The summed E-state index contributed by atoms with van der Waals surface area (Å²) >= 11 is 17.8. The SMILES string of the molecule is Clc1cc(Cl)cc(C=CCc2cccnc2Cl)c1. The molecule has 0 unspecified atom stereocenters. The van der Waals surface area contributed by atoms with Crippen molar-refractivity contribution in [1.82, 2.24) is 4.98 Å². The summed E-state index contributed by atoms with van der Waals surface area (Å²) in [4.78, 5) is 4.02. The maximum Gasteiger partial charge on any atom is 0.132 e. The average Bonchev–Trinajstić information content (AvgIpc) is 2.30. The molecule has 18 heavy (non-hydrogen) atoms. The minimum Gasteiger partial charge on any atom is -0.244 e. The Bertz CT molecular complexity index is 559. The molecule has 0 amide bonds. The molecule has 0 spiro atoms. The van der Waals surface area contributed by atoms with Gasteiger partial charge in [-0.3, -0.25) is 0 Å². The molecule has 2 rings (SSSR count). The van der Waals surface area contributed by atoms with Gasteiger partial charge in [0.2, 0.25) is 0 Å². The van der Waals surface area contributed by atoms with Crippen LogP contribution in [0.1, 0.15) is 11.1 Å². The van der Waals surface area contributed by atoms with Gasteiger partial charge in [0.05, 0.1) is 0 Å². The van der Waals surface area contributed by atoms with Gasteiger partial charge in [-0.2, -0.15) is 0 Å². The smallest absolute Gasteiger partial charge is 0.132 e. The summed E-state index contributed by atoms with van der Waals surface area (Å²) in [5, 5.41) is 1.79. The number of allylic oxidation sites excluding steroid dienone is 1. The van der Waals surface area contributed by atoms with Crippen LogP contribution in [0.15, 0.2) is 42.6 Å². The second-order valence-corrected chi connectivity index (χ2v) is 4.99. The number of hydrogen-bond donors (Lipinski definition) is 0. The van der Waals surface area contributed by atoms with E-state index in [1.54, 1.807) is 12.3 Å². The highest BCUT2D eigenvalue weighted by molar-refractivity contribution is 6.34. The number of pyridine rings is 1.